The summed E-state index contributed by atoms with van der Waals surface area (Å²) in [5.41, 5.74) is 4.97. The minimum Gasteiger partial charge on any atom is -0.462 e. The van der Waals surface area contributed by atoms with Crippen molar-refractivity contribution in [3.63, 3.8) is 0 Å². The van der Waals surface area contributed by atoms with Gasteiger partial charge in [0.05, 0.1) is 18.4 Å². The first kappa shape index (κ1) is 19.3. The third kappa shape index (κ3) is 5.28. The summed E-state index contributed by atoms with van der Waals surface area (Å²) in [5.74, 6) is 0.897. The monoisotopic (exact) mass is 393 g/mol. The molecule has 3 aromatic rings. The van der Waals surface area contributed by atoms with Crippen molar-refractivity contribution in [1.82, 2.24) is 5.43 Å². The number of thiocarbonyl (C=S) groups is 1. The van der Waals surface area contributed by atoms with Crippen LogP contribution in [0.25, 0.3) is 11.3 Å². The molecule has 1 aromatic heterocycles. The molecule has 0 saturated carbocycles. The Hall–Kier alpha value is -3.45. The van der Waals surface area contributed by atoms with Gasteiger partial charge in [-0.25, -0.2) is 4.79 Å². The number of rotatable bonds is 6. The van der Waals surface area contributed by atoms with Crippen LogP contribution in [0.2, 0.25) is 0 Å². The van der Waals surface area contributed by atoms with Crippen LogP contribution < -0.4 is 10.7 Å². The van der Waals surface area contributed by atoms with E-state index >= 15 is 0 Å². The molecule has 142 valence electrons. The average Bonchev–Trinajstić information content (AvgIpc) is 3.18. The fraction of sp³-hybridized carbons (Fsp3) is 0.0952. The molecule has 0 aliphatic heterocycles. The molecular weight excluding hydrogens is 374 g/mol. The normalized spacial score (nSPS) is 10.6. The van der Waals surface area contributed by atoms with Crippen molar-refractivity contribution < 1.29 is 13.9 Å². The van der Waals surface area contributed by atoms with Crippen molar-refractivity contribution >= 4 is 35.2 Å². The third-order valence-electron chi connectivity index (χ3n) is 3.70. The maximum atomic E-state index is 11.7. The first-order chi connectivity index (χ1) is 13.7. The zero-order valence-corrected chi connectivity index (χ0v) is 16.0. The molecule has 0 bridgehead atoms. The highest BCUT2D eigenvalue weighted by molar-refractivity contribution is 7.80. The first-order valence-corrected chi connectivity index (χ1v) is 9.09. The molecule has 0 fully saturated rings. The van der Waals surface area contributed by atoms with E-state index in [0.717, 1.165) is 11.3 Å². The Bertz CT molecular complexity index is 966. The summed E-state index contributed by atoms with van der Waals surface area (Å²) in [6, 6.07) is 20.2. The number of carbonyl (C=O) groups is 1. The lowest BCUT2D eigenvalue weighted by atomic mass is 10.1. The number of hydrogen-bond donors (Lipinski definition) is 2. The van der Waals surface area contributed by atoms with Crippen LogP contribution in [-0.4, -0.2) is 23.9 Å². The van der Waals surface area contributed by atoms with E-state index in [0.29, 0.717) is 28.8 Å². The average molecular weight is 393 g/mol. The molecule has 0 atom stereocenters. The van der Waals surface area contributed by atoms with Crippen molar-refractivity contribution in [2.24, 2.45) is 5.10 Å². The molecule has 0 radical (unpaired) electrons. The molecule has 6 nitrogen and oxygen atoms in total. The van der Waals surface area contributed by atoms with Gasteiger partial charge in [-0.3, -0.25) is 5.43 Å². The molecule has 0 saturated heterocycles. The summed E-state index contributed by atoms with van der Waals surface area (Å²) < 4.78 is 10.7. The predicted molar refractivity (Wildman–Crippen MR) is 113 cm³/mol. The zero-order chi connectivity index (χ0) is 19.8. The van der Waals surface area contributed by atoms with E-state index in [1.807, 2.05) is 48.5 Å². The van der Waals surface area contributed by atoms with Crippen LogP contribution >= 0.6 is 12.2 Å². The Labute approximate surface area is 168 Å². The van der Waals surface area contributed by atoms with Crippen LogP contribution in [0.4, 0.5) is 5.69 Å². The maximum absolute atomic E-state index is 11.7. The van der Waals surface area contributed by atoms with Crippen LogP contribution in [0.3, 0.4) is 0 Å². The maximum Gasteiger partial charge on any atom is 0.338 e. The summed E-state index contributed by atoms with van der Waals surface area (Å²) in [6.45, 7) is 2.12. The van der Waals surface area contributed by atoms with Gasteiger partial charge in [0.25, 0.3) is 0 Å². The van der Waals surface area contributed by atoms with Gasteiger partial charge in [0, 0.05) is 11.3 Å². The molecule has 0 unspecified atom stereocenters. The van der Waals surface area contributed by atoms with Crippen LogP contribution in [0, 0.1) is 0 Å². The first-order valence-electron chi connectivity index (χ1n) is 8.68. The summed E-state index contributed by atoms with van der Waals surface area (Å²) in [5, 5.41) is 7.47. The van der Waals surface area contributed by atoms with Gasteiger partial charge in [-0.1, -0.05) is 30.3 Å². The number of furan rings is 1. The predicted octanol–water partition coefficient (Wildman–Crippen LogP) is 4.44. The number of nitrogens with zero attached hydrogens (tertiary/aromatic N) is 1. The fourth-order valence-electron chi connectivity index (χ4n) is 2.40. The molecule has 0 aliphatic rings. The Morgan fingerprint density at radius 2 is 1.86 bits per heavy atom. The molecule has 1 heterocycles. The summed E-state index contributed by atoms with van der Waals surface area (Å²) in [7, 11) is 0. The molecule has 3 rings (SSSR count). The highest BCUT2D eigenvalue weighted by Gasteiger charge is 2.08. The van der Waals surface area contributed by atoms with Gasteiger partial charge in [-0.2, -0.15) is 5.10 Å². The topological polar surface area (TPSA) is 75.9 Å². The van der Waals surface area contributed by atoms with Gasteiger partial charge >= 0.3 is 5.97 Å². The molecular formula is C21H19N3O3S. The van der Waals surface area contributed by atoms with E-state index < -0.39 is 0 Å². The van der Waals surface area contributed by atoms with Gasteiger partial charge < -0.3 is 14.5 Å². The van der Waals surface area contributed by atoms with Crippen molar-refractivity contribution in [2.45, 2.75) is 6.92 Å². The number of carbonyl (C=O) groups excluding carboxylic acids is 1. The lowest BCUT2D eigenvalue weighted by Gasteiger charge is -2.05. The Morgan fingerprint density at radius 3 is 2.57 bits per heavy atom. The SMILES string of the molecule is CCOC(=O)c1ccc(-c2ccc(/C=N/NC(=S)Nc3ccccc3)o2)cc1. The largest absolute Gasteiger partial charge is 0.462 e. The molecule has 2 aromatic carbocycles. The quantitative estimate of drug-likeness (QED) is 0.279. The second-order valence-corrected chi connectivity index (χ2v) is 6.10. The van der Waals surface area contributed by atoms with E-state index in [2.05, 4.69) is 15.8 Å². The van der Waals surface area contributed by atoms with Crippen molar-refractivity contribution in [3.05, 3.63) is 78.1 Å². The highest BCUT2D eigenvalue weighted by Crippen LogP contribution is 2.22. The molecule has 7 heteroatoms. The van der Waals surface area contributed by atoms with Gasteiger partial charge in [0.2, 0.25) is 0 Å². The van der Waals surface area contributed by atoms with Gasteiger partial charge in [-0.15, -0.1) is 0 Å². The summed E-state index contributed by atoms with van der Waals surface area (Å²) in [4.78, 5) is 11.7. The molecule has 28 heavy (non-hydrogen) atoms. The van der Waals surface area contributed by atoms with Crippen LogP contribution in [0.5, 0.6) is 0 Å². The number of benzene rings is 2. The van der Waals surface area contributed by atoms with E-state index in [4.69, 9.17) is 21.4 Å². The van der Waals surface area contributed by atoms with Gasteiger partial charge in [-0.05, 0) is 55.5 Å². The minimum atomic E-state index is -0.340. The molecule has 2 N–H and O–H groups in total. The highest BCUT2D eigenvalue weighted by atomic mass is 32.1. The van der Waals surface area contributed by atoms with Crippen molar-refractivity contribution in [2.75, 3.05) is 11.9 Å². The lowest BCUT2D eigenvalue weighted by molar-refractivity contribution is 0.0526. The number of nitrogens with one attached hydrogen (secondary N) is 2. The number of para-hydroxylation sites is 1. The van der Waals surface area contributed by atoms with E-state index in [1.165, 1.54) is 6.21 Å². The van der Waals surface area contributed by atoms with E-state index in [1.54, 1.807) is 25.1 Å². The van der Waals surface area contributed by atoms with Crippen molar-refractivity contribution in [3.8, 4) is 11.3 Å². The van der Waals surface area contributed by atoms with E-state index in [9.17, 15) is 4.79 Å². The van der Waals surface area contributed by atoms with Gasteiger partial charge in [0.15, 0.2) is 5.11 Å². The number of ether oxygens (including phenoxy) is 1. The zero-order valence-electron chi connectivity index (χ0n) is 15.2. The fourth-order valence-corrected chi connectivity index (χ4v) is 2.57. The van der Waals surface area contributed by atoms with Crippen LogP contribution in [0.1, 0.15) is 23.0 Å². The second-order valence-electron chi connectivity index (χ2n) is 5.69. The molecule has 0 aliphatic carbocycles. The van der Waals surface area contributed by atoms with Crippen LogP contribution in [0.15, 0.2) is 76.2 Å². The standard InChI is InChI=1S/C21H19N3O3S/c1-2-26-20(25)16-10-8-15(9-11-16)19-13-12-18(27-19)14-22-24-21(28)23-17-6-4-3-5-7-17/h3-14H,2H2,1H3,(H2,23,24,28)/b22-14+. The Balaban J connectivity index is 1.57. The third-order valence-corrected chi connectivity index (χ3v) is 3.89. The number of anilines is 1. The molecule has 0 amide bonds. The minimum absolute atomic E-state index is 0.340. The Morgan fingerprint density at radius 1 is 1.11 bits per heavy atom. The lowest BCUT2D eigenvalue weighted by Crippen LogP contribution is -2.23. The number of hydrogen-bond acceptors (Lipinski definition) is 5. The Kier molecular flexibility index (Phi) is 6.54. The molecule has 0 spiro atoms. The van der Waals surface area contributed by atoms with Crippen LogP contribution in [-0.2, 0) is 4.74 Å². The summed E-state index contributed by atoms with van der Waals surface area (Å²) >= 11 is 5.18. The number of hydrazone groups is 1. The second kappa shape index (κ2) is 9.48. The van der Waals surface area contributed by atoms with Crippen molar-refractivity contribution in [1.29, 1.82) is 0 Å². The number of esters is 1. The van der Waals surface area contributed by atoms with Gasteiger partial charge in [0.1, 0.15) is 11.5 Å². The van der Waals surface area contributed by atoms with E-state index in [-0.39, 0.29) is 5.97 Å². The smallest absolute Gasteiger partial charge is 0.338 e. The summed E-state index contributed by atoms with van der Waals surface area (Å²) in [6.07, 6.45) is 1.54.